The molecule has 19 heavy (non-hydrogen) atoms. The fourth-order valence-electron chi connectivity index (χ4n) is 1.90. The van der Waals surface area contributed by atoms with Gasteiger partial charge in [0.05, 0.1) is 5.02 Å². The molecular formula is C16H17ClS2. The second kappa shape index (κ2) is 6.74. The van der Waals surface area contributed by atoms with E-state index in [1.165, 1.54) is 16.0 Å². The molecule has 0 aromatic heterocycles. The van der Waals surface area contributed by atoms with Crippen molar-refractivity contribution in [1.29, 1.82) is 0 Å². The van der Waals surface area contributed by atoms with E-state index in [2.05, 4.69) is 62.6 Å². The van der Waals surface area contributed by atoms with E-state index >= 15 is 0 Å². The van der Waals surface area contributed by atoms with Gasteiger partial charge in [-0.05, 0) is 35.6 Å². The van der Waals surface area contributed by atoms with Crippen LogP contribution in [0, 0.1) is 0 Å². The molecule has 0 aliphatic rings. The third-order valence-electron chi connectivity index (χ3n) is 2.71. The zero-order valence-electron chi connectivity index (χ0n) is 11.3. The predicted octanol–water partition coefficient (Wildman–Crippen LogP) is 6.23. The summed E-state index contributed by atoms with van der Waals surface area (Å²) < 4.78 is 0. The Kier molecular flexibility index (Phi) is 5.26. The minimum absolute atomic E-state index is 0.543. The first kappa shape index (κ1) is 14.8. The molecule has 0 N–H and O–H groups in total. The minimum atomic E-state index is 0.543. The van der Waals surface area contributed by atoms with E-state index < -0.39 is 0 Å². The third-order valence-corrected chi connectivity index (χ3v) is 5.01. The molecular weight excluding hydrogens is 292 g/mol. The molecule has 100 valence electrons. The van der Waals surface area contributed by atoms with Crippen molar-refractivity contribution in [3.8, 4) is 11.1 Å². The van der Waals surface area contributed by atoms with Crippen LogP contribution in [0.2, 0.25) is 5.02 Å². The summed E-state index contributed by atoms with van der Waals surface area (Å²) in [7, 11) is 0. The summed E-state index contributed by atoms with van der Waals surface area (Å²) in [5.41, 5.74) is 2.43. The van der Waals surface area contributed by atoms with Crippen molar-refractivity contribution < 1.29 is 0 Å². The number of rotatable bonds is 4. The lowest BCUT2D eigenvalue weighted by Gasteiger charge is -2.11. The molecule has 0 aliphatic heterocycles. The first-order valence-electron chi connectivity index (χ1n) is 6.21. The summed E-state index contributed by atoms with van der Waals surface area (Å²) in [6.45, 7) is 4.36. The molecule has 2 aromatic rings. The fraction of sp³-hybridized carbons (Fsp3) is 0.250. The highest BCUT2D eigenvalue weighted by molar-refractivity contribution is 8.00. The Morgan fingerprint density at radius 1 is 1.00 bits per heavy atom. The lowest BCUT2D eigenvalue weighted by atomic mass is 10.1. The lowest BCUT2D eigenvalue weighted by molar-refractivity contribution is 1.11. The number of hydrogen-bond acceptors (Lipinski definition) is 2. The van der Waals surface area contributed by atoms with Gasteiger partial charge in [-0.25, -0.2) is 0 Å². The summed E-state index contributed by atoms with van der Waals surface area (Å²) in [6, 6.07) is 14.8. The van der Waals surface area contributed by atoms with Crippen LogP contribution in [0.1, 0.15) is 13.8 Å². The molecule has 0 radical (unpaired) electrons. The maximum Gasteiger partial charge on any atom is 0.0548 e. The molecule has 0 amide bonds. The predicted molar refractivity (Wildman–Crippen MR) is 89.7 cm³/mol. The van der Waals surface area contributed by atoms with Crippen molar-refractivity contribution in [3.05, 3.63) is 47.5 Å². The number of thioether (sulfide) groups is 2. The van der Waals surface area contributed by atoms with E-state index in [-0.39, 0.29) is 0 Å². The Morgan fingerprint density at radius 3 is 2.37 bits per heavy atom. The van der Waals surface area contributed by atoms with Crippen LogP contribution < -0.4 is 0 Å². The summed E-state index contributed by atoms with van der Waals surface area (Å²) in [6.07, 6.45) is 2.10. The maximum atomic E-state index is 6.39. The van der Waals surface area contributed by atoms with E-state index in [9.17, 15) is 0 Å². The van der Waals surface area contributed by atoms with Crippen LogP contribution in [-0.2, 0) is 0 Å². The molecule has 0 atom stereocenters. The molecule has 3 heteroatoms. The molecule has 0 nitrogen and oxygen atoms in total. The van der Waals surface area contributed by atoms with Gasteiger partial charge < -0.3 is 0 Å². The van der Waals surface area contributed by atoms with Gasteiger partial charge in [0, 0.05) is 15.0 Å². The van der Waals surface area contributed by atoms with Crippen molar-refractivity contribution >= 4 is 35.1 Å². The average molecular weight is 309 g/mol. The Labute approximate surface area is 128 Å². The smallest absolute Gasteiger partial charge is 0.0548 e. The normalized spacial score (nSPS) is 11.0. The number of halogens is 1. The summed E-state index contributed by atoms with van der Waals surface area (Å²) in [5.74, 6) is 0. The van der Waals surface area contributed by atoms with Gasteiger partial charge in [-0.15, -0.1) is 23.5 Å². The standard InChI is InChI=1S/C16H17ClS2/c1-11(2)19-16-9-8-12(10-14(16)17)13-6-4-5-7-15(13)18-3/h4-11H,1-3H3. The quantitative estimate of drug-likeness (QED) is 0.614. The van der Waals surface area contributed by atoms with Crippen molar-refractivity contribution in [2.24, 2.45) is 0 Å². The van der Waals surface area contributed by atoms with Crippen molar-refractivity contribution in [2.75, 3.05) is 6.26 Å². The molecule has 0 fully saturated rings. The molecule has 0 aliphatic carbocycles. The Hall–Kier alpha value is -0.570. The average Bonchev–Trinajstić information content (AvgIpc) is 2.40. The van der Waals surface area contributed by atoms with Gasteiger partial charge in [0.25, 0.3) is 0 Å². The maximum absolute atomic E-state index is 6.39. The Bertz CT molecular complexity index is 564. The topological polar surface area (TPSA) is 0 Å². The van der Waals surface area contributed by atoms with Gasteiger partial charge in [0.15, 0.2) is 0 Å². The molecule has 0 saturated carbocycles. The van der Waals surface area contributed by atoms with Gasteiger partial charge in [-0.2, -0.15) is 0 Å². The fourth-order valence-corrected chi connectivity index (χ4v) is 3.66. The SMILES string of the molecule is CSc1ccccc1-c1ccc(SC(C)C)c(Cl)c1. The zero-order chi connectivity index (χ0) is 13.8. The largest absolute Gasteiger partial charge is 0.129 e. The first-order valence-corrected chi connectivity index (χ1v) is 8.69. The zero-order valence-corrected chi connectivity index (χ0v) is 13.7. The van der Waals surface area contributed by atoms with Gasteiger partial charge in [0.2, 0.25) is 0 Å². The Morgan fingerprint density at radius 2 is 1.74 bits per heavy atom. The van der Waals surface area contributed by atoms with Crippen LogP contribution >= 0.6 is 35.1 Å². The van der Waals surface area contributed by atoms with Gasteiger partial charge in [-0.1, -0.05) is 49.7 Å². The summed E-state index contributed by atoms with van der Waals surface area (Å²) in [5, 5.41) is 1.38. The lowest BCUT2D eigenvalue weighted by Crippen LogP contribution is -1.88. The van der Waals surface area contributed by atoms with Crippen LogP contribution in [0.3, 0.4) is 0 Å². The second-order valence-corrected chi connectivity index (χ2v) is 7.39. The summed E-state index contributed by atoms with van der Waals surface area (Å²) in [4.78, 5) is 2.44. The van der Waals surface area contributed by atoms with Gasteiger partial charge >= 0.3 is 0 Å². The van der Waals surface area contributed by atoms with Gasteiger partial charge in [0.1, 0.15) is 0 Å². The number of hydrogen-bond donors (Lipinski definition) is 0. The number of benzene rings is 2. The first-order chi connectivity index (χ1) is 9.11. The van der Waals surface area contributed by atoms with Crippen LogP contribution in [0.4, 0.5) is 0 Å². The van der Waals surface area contributed by atoms with Crippen LogP contribution in [0.15, 0.2) is 52.3 Å². The second-order valence-electron chi connectivity index (χ2n) is 4.51. The monoisotopic (exact) mass is 308 g/mol. The highest BCUT2D eigenvalue weighted by atomic mass is 35.5. The van der Waals surface area contributed by atoms with Crippen LogP contribution in [-0.4, -0.2) is 11.5 Å². The van der Waals surface area contributed by atoms with Crippen molar-refractivity contribution in [1.82, 2.24) is 0 Å². The van der Waals surface area contributed by atoms with Gasteiger partial charge in [-0.3, -0.25) is 0 Å². The van der Waals surface area contributed by atoms with Crippen LogP contribution in [0.25, 0.3) is 11.1 Å². The Balaban J connectivity index is 2.39. The highest BCUT2D eigenvalue weighted by Gasteiger charge is 2.08. The van der Waals surface area contributed by atoms with Crippen molar-refractivity contribution in [3.63, 3.8) is 0 Å². The molecule has 0 spiro atoms. The highest BCUT2D eigenvalue weighted by Crippen LogP contribution is 2.36. The van der Waals surface area contributed by atoms with Crippen LogP contribution in [0.5, 0.6) is 0 Å². The summed E-state index contributed by atoms with van der Waals surface area (Å²) >= 11 is 9.96. The van der Waals surface area contributed by atoms with E-state index in [4.69, 9.17) is 11.6 Å². The minimum Gasteiger partial charge on any atom is -0.129 e. The molecule has 2 rings (SSSR count). The molecule has 0 heterocycles. The molecule has 0 unspecified atom stereocenters. The molecule has 0 saturated heterocycles. The van der Waals surface area contributed by atoms with E-state index in [0.717, 1.165) is 9.92 Å². The van der Waals surface area contributed by atoms with E-state index in [1.807, 2.05) is 0 Å². The van der Waals surface area contributed by atoms with E-state index in [1.54, 1.807) is 23.5 Å². The molecule has 0 bridgehead atoms. The third kappa shape index (κ3) is 3.71. The molecule has 2 aromatic carbocycles. The van der Waals surface area contributed by atoms with E-state index in [0.29, 0.717) is 5.25 Å². The van der Waals surface area contributed by atoms with Crippen molar-refractivity contribution in [2.45, 2.75) is 28.9 Å².